The minimum atomic E-state index is -0.246. The van der Waals surface area contributed by atoms with Crippen LogP contribution in [-0.2, 0) is 0 Å². The molecule has 2 aromatic carbocycles. The molecule has 132 valence electrons. The first-order valence-corrected chi connectivity index (χ1v) is 8.30. The SMILES string of the molecule is CCC(C)Oc1cccc(C(=O)Nc2cccc(C(=O)N(C)C)c2)c1. The first-order chi connectivity index (χ1) is 11.9. The highest BCUT2D eigenvalue weighted by Crippen LogP contribution is 2.18. The molecule has 0 aliphatic rings. The van der Waals surface area contributed by atoms with Crippen molar-refractivity contribution in [2.75, 3.05) is 19.4 Å². The molecule has 2 rings (SSSR count). The van der Waals surface area contributed by atoms with Crippen LogP contribution in [0.5, 0.6) is 5.75 Å². The number of carbonyl (C=O) groups is 2. The third-order valence-corrected chi connectivity index (χ3v) is 3.78. The van der Waals surface area contributed by atoms with Crippen molar-refractivity contribution in [2.24, 2.45) is 0 Å². The fourth-order valence-corrected chi connectivity index (χ4v) is 2.22. The predicted molar refractivity (Wildman–Crippen MR) is 99.2 cm³/mol. The first-order valence-electron chi connectivity index (χ1n) is 8.30. The summed E-state index contributed by atoms with van der Waals surface area (Å²) < 4.78 is 5.75. The number of amides is 2. The highest BCUT2D eigenvalue weighted by Gasteiger charge is 2.11. The summed E-state index contributed by atoms with van der Waals surface area (Å²) in [4.78, 5) is 26.0. The summed E-state index contributed by atoms with van der Waals surface area (Å²) in [6.07, 6.45) is 0.982. The van der Waals surface area contributed by atoms with Crippen LogP contribution in [0.1, 0.15) is 41.0 Å². The normalized spacial score (nSPS) is 11.5. The quantitative estimate of drug-likeness (QED) is 0.870. The van der Waals surface area contributed by atoms with Gasteiger partial charge in [0, 0.05) is 30.9 Å². The summed E-state index contributed by atoms with van der Waals surface area (Å²) in [6.45, 7) is 4.03. The van der Waals surface area contributed by atoms with Gasteiger partial charge in [-0.1, -0.05) is 19.1 Å². The van der Waals surface area contributed by atoms with Crippen LogP contribution in [0.25, 0.3) is 0 Å². The Kier molecular flexibility index (Phi) is 6.17. The van der Waals surface area contributed by atoms with Crippen molar-refractivity contribution in [1.82, 2.24) is 4.90 Å². The van der Waals surface area contributed by atoms with Crippen LogP contribution >= 0.6 is 0 Å². The Hall–Kier alpha value is -2.82. The van der Waals surface area contributed by atoms with Gasteiger partial charge in [-0.25, -0.2) is 0 Å². The predicted octanol–water partition coefficient (Wildman–Crippen LogP) is 3.82. The van der Waals surface area contributed by atoms with Crippen LogP contribution in [0.4, 0.5) is 5.69 Å². The zero-order chi connectivity index (χ0) is 18.4. The maximum Gasteiger partial charge on any atom is 0.255 e. The van der Waals surface area contributed by atoms with Crippen LogP contribution in [0.3, 0.4) is 0 Å². The zero-order valence-electron chi connectivity index (χ0n) is 15.1. The number of carbonyl (C=O) groups excluding carboxylic acids is 2. The number of hydrogen-bond donors (Lipinski definition) is 1. The molecule has 25 heavy (non-hydrogen) atoms. The van der Waals surface area contributed by atoms with Gasteiger partial charge >= 0.3 is 0 Å². The van der Waals surface area contributed by atoms with E-state index in [1.54, 1.807) is 56.6 Å². The van der Waals surface area contributed by atoms with E-state index in [4.69, 9.17) is 4.74 Å². The highest BCUT2D eigenvalue weighted by molar-refractivity contribution is 6.05. The minimum Gasteiger partial charge on any atom is -0.491 e. The van der Waals surface area contributed by atoms with E-state index in [1.165, 1.54) is 4.90 Å². The molecule has 1 atom stereocenters. The molecule has 0 aromatic heterocycles. The van der Waals surface area contributed by atoms with Crippen molar-refractivity contribution in [3.8, 4) is 5.75 Å². The maximum absolute atomic E-state index is 12.5. The molecule has 0 heterocycles. The Bertz CT molecular complexity index is 756. The van der Waals surface area contributed by atoms with Gasteiger partial charge in [-0.05, 0) is 49.7 Å². The summed E-state index contributed by atoms with van der Waals surface area (Å²) in [5, 5.41) is 2.82. The monoisotopic (exact) mass is 340 g/mol. The van der Waals surface area contributed by atoms with Crippen LogP contribution in [0, 0.1) is 0 Å². The average molecular weight is 340 g/mol. The highest BCUT2D eigenvalue weighted by atomic mass is 16.5. The smallest absolute Gasteiger partial charge is 0.255 e. The molecule has 0 saturated carbocycles. The Labute approximate surface area is 148 Å². The van der Waals surface area contributed by atoms with Crippen LogP contribution < -0.4 is 10.1 Å². The second kappa shape index (κ2) is 8.33. The van der Waals surface area contributed by atoms with E-state index in [2.05, 4.69) is 5.32 Å². The van der Waals surface area contributed by atoms with E-state index in [1.807, 2.05) is 19.9 Å². The van der Waals surface area contributed by atoms with Gasteiger partial charge in [0.1, 0.15) is 5.75 Å². The number of benzene rings is 2. The molecular weight excluding hydrogens is 316 g/mol. The largest absolute Gasteiger partial charge is 0.491 e. The van der Waals surface area contributed by atoms with Gasteiger partial charge in [0.15, 0.2) is 0 Å². The molecule has 0 saturated heterocycles. The van der Waals surface area contributed by atoms with E-state index in [0.29, 0.717) is 22.6 Å². The Morgan fingerprint density at radius 2 is 1.76 bits per heavy atom. The standard InChI is InChI=1S/C20H24N2O3/c1-5-14(2)25-18-11-7-8-15(13-18)19(23)21-17-10-6-9-16(12-17)20(24)22(3)4/h6-14H,5H2,1-4H3,(H,21,23). The van der Waals surface area contributed by atoms with Crippen molar-refractivity contribution in [3.63, 3.8) is 0 Å². The van der Waals surface area contributed by atoms with E-state index in [-0.39, 0.29) is 17.9 Å². The fraction of sp³-hybridized carbons (Fsp3) is 0.300. The number of ether oxygens (including phenoxy) is 1. The molecule has 1 unspecified atom stereocenters. The van der Waals surface area contributed by atoms with Gasteiger partial charge < -0.3 is 15.0 Å². The number of rotatable bonds is 6. The minimum absolute atomic E-state index is 0.0899. The van der Waals surface area contributed by atoms with Gasteiger partial charge in [0.25, 0.3) is 11.8 Å². The van der Waals surface area contributed by atoms with Crippen LogP contribution in [0.2, 0.25) is 0 Å². The third-order valence-electron chi connectivity index (χ3n) is 3.78. The lowest BCUT2D eigenvalue weighted by Crippen LogP contribution is -2.22. The molecule has 0 aliphatic heterocycles. The summed E-state index contributed by atoms with van der Waals surface area (Å²) in [5.74, 6) is 0.308. The van der Waals surface area contributed by atoms with Gasteiger partial charge in [-0.2, -0.15) is 0 Å². The topological polar surface area (TPSA) is 58.6 Å². The molecule has 2 aromatic rings. The zero-order valence-corrected chi connectivity index (χ0v) is 15.1. The molecule has 0 radical (unpaired) electrons. The molecule has 0 aliphatic carbocycles. The molecule has 0 spiro atoms. The second-order valence-electron chi connectivity index (χ2n) is 6.10. The lowest BCUT2D eigenvalue weighted by molar-refractivity contribution is 0.0827. The van der Waals surface area contributed by atoms with Crippen molar-refractivity contribution < 1.29 is 14.3 Å². The Morgan fingerprint density at radius 3 is 2.44 bits per heavy atom. The van der Waals surface area contributed by atoms with Crippen LogP contribution in [0.15, 0.2) is 48.5 Å². The van der Waals surface area contributed by atoms with Gasteiger partial charge in [0.2, 0.25) is 0 Å². The van der Waals surface area contributed by atoms with Gasteiger partial charge in [-0.15, -0.1) is 0 Å². The lowest BCUT2D eigenvalue weighted by atomic mass is 10.1. The summed E-state index contributed by atoms with van der Waals surface area (Å²) in [6, 6.07) is 14.0. The third kappa shape index (κ3) is 5.08. The molecule has 5 heteroatoms. The Morgan fingerprint density at radius 1 is 1.08 bits per heavy atom. The molecule has 2 amide bonds. The Balaban J connectivity index is 2.13. The van der Waals surface area contributed by atoms with E-state index in [9.17, 15) is 9.59 Å². The molecule has 5 nitrogen and oxygen atoms in total. The molecule has 0 fully saturated rings. The molecule has 1 N–H and O–H groups in total. The summed E-state index contributed by atoms with van der Waals surface area (Å²) in [7, 11) is 3.38. The van der Waals surface area contributed by atoms with Gasteiger partial charge in [0.05, 0.1) is 6.10 Å². The first kappa shape index (κ1) is 18.5. The van der Waals surface area contributed by atoms with Crippen molar-refractivity contribution >= 4 is 17.5 Å². The molecular formula is C20H24N2O3. The van der Waals surface area contributed by atoms with Crippen molar-refractivity contribution in [2.45, 2.75) is 26.4 Å². The summed E-state index contributed by atoms with van der Waals surface area (Å²) >= 11 is 0. The average Bonchev–Trinajstić information content (AvgIpc) is 2.61. The lowest BCUT2D eigenvalue weighted by Gasteiger charge is -2.14. The van der Waals surface area contributed by atoms with E-state index in [0.717, 1.165) is 6.42 Å². The van der Waals surface area contributed by atoms with Crippen LogP contribution in [-0.4, -0.2) is 36.9 Å². The molecule has 0 bridgehead atoms. The number of hydrogen-bond acceptors (Lipinski definition) is 3. The number of nitrogens with one attached hydrogen (secondary N) is 1. The second-order valence-corrected chi connectivity index (χ2v) is 6.10. The van der Waals surface area contributed by atoms with Crippen molar-refractivity contribution in [1.29, 1.82) is 0 Å². The van der Waals surface area contributed by atoms with E-state index >= 15 is 0 Å². The maximum atomic E-state index is 12.5. The fourth-order valence-electron chi connectivity index (χ4n) is 2.22. The van der Waals surface area contributed by atoms with Crippen molar-refractivity contribution in [3.05, 3.63) is 59.7 Å². The number of nitrogens with zero attached hydrogens (tertiary/aromatic N) is 1. The summed E-state index contributed by atoms with van der Waals surface area (Å²) in [5.41, 5.74) is 1.60. The van der Waals surface area contributed by atoms with Gasteiger partial charge in [-0.3, -0.25) is 9.59 Å². The number of anilines is 1. The van der Waals surface area contributed by atoms with E-state index < -0.39 is 0 Å².